The lowest BCUT2D eigenvalue weighted by molar-refractivity contribution is -0.00442. The third-order valence-corrected chi connectivity index (χ3v) is 6.10. The van der Waals surface area contributed by atoms with Gasteiger partial charge in [0, 0.05) is 18.7 Å². The first kappa shape index (κ1) is 16.4. The van der Waals surface area contributed by atoms with E-state index in [1.54, 1.807) is 30.3 Å². The first-order valence-electron chi connectivity index (χ1n) is 7.11. The molecule has 0 aromatic heterocycles. The molecule has 0 N–H and O–H groups in total. The van der Waals surface area contributed by atoms with Gasteiger partial charge in [-0.3, -0.25) is 0 Å². The molecular weight excluding hydrogens is 341 g/mol. The van der Waals surface area contributed by atoms with E-state index in [2.05, 4.69) is 0 Å². The standard InChI is InChI=1S/C16H15ClFNO3S/c17-13-6-2-4-8-16(13)23(20,21)19-9-10-22-15(11-19)12-5-1-3-7-14(12)18/h1-8,15H,9-11H2. The van der Waals surface area contributed by atoms with Crippen molar-refractivity contribution in [2.24, 2.45) is 0 Å². The lowest BCUT2D eigenvalue weighted by Gasteiger charge is -2.32. The van der Waals surface area contributed by atoms with Gasteiger partial charge in [-0.25, -0.2) is 12.8 Å². The highest BCUT2D eigenvalue weighted by Crippen LogP contribution is 2.30. The van der Waals surface area contributed by atoms with Gasteiger partial charge in [0.2, 0.25) is 10.0 Å². The van der Waals surface area contributed by atoms with Crippen LogP contribution >= 0.6 is 11.6 Å². The number of hydrogen-bond donors (Lipinski definition) is 0. The van der Waals surface area contributed by atoms with Gasteiger partial charge in [0.1, 0.15) is 10.7 Å². The summed E-state index contributed by atoms with van der Waals surface area (Å²) in [7, 11) is -3.75. The van der Waals surface area contributed by atoms with Gasteiger partial charge in [-0.2, -0.15) is 4.31 Å². The average molecular weight is 356 g/mol. The number of ether oxygens (including phenoxy) is 1. The number of benzene rings is 2. The Bertz CT molecular complexity index is 812. The minimum Gasteiger partial charge on any atom is -0.371 e. The van der Waals surface area contributed by atoms with Crippen LogP contribution in [0.1, 0.15) is 11.7 Å². The lowest BCUT2D eigenvalue weighted by atomic mass is 10.1. The van der Waals surface area contributed by atoms with Crippen molar-refractivity contribution in [2.75, 3.05) is 19.7 Å². The first-order chi connectivity index (χ1) is 11.0. The summed E-state index contributed by atoms with van der Waals surface area (Å²) in [4.78, 5) is 0.0517. The van der Waals surface area contributed by atoms with E-state index in [1.807, 2.05) is 0 Å². The summed E-state index contributed by atoms with van der Waals surface area (Å²) in [6.45, 7) is 0.454. The number of nitrogens with zero attached hydrogens (tertiary/aromatic N) is 1. The largest absolute Gasteiger partial charge is 0.371 e. The number of halogens is 2. The van der Waals surface area contributed by atoms with Crippen LogP contribution in [0.15, 0.2) is 53.4 Å². The van der Waals surface area contributed by atoms with E-state index < -0.39 is 21.9 Å². The maximum atomic E-state index is 13.9. The summed E-state index contributed by atoms with van der Waals surface area (Å²) < 4.78 is 46.3. The van der Waals surface area contributed by atoms with Crippen LogP contribution in [0.2, 0.25) is 5.02 Å². The van der Waals surface area contributed by atoms with E-state index in [0.717, 1.165) is 0 Å². The first-order valence-corrected chi connectivity index (χ1v) is 8.92. The molecule has 1 heterocycles. The number of morpholine rings is 1. The van der Waals surface area contributed by atoms with E-state index >= 15 is 0 Å². The van der Waals surface area contributed by atoms with Crippen molar-refractivity contribution in [3.8, 4) is 0 Å². The number of hydrogen-bond acceptors (Lipinski definition) is 3. The molecule has 1 unspecified atom stereocenters. The Kier molecular flexibility index (Phi) is 4.68. The van der Waals surface area contributed by atoms with E-state index in [-0.39, 0.29) is 29.6 Å². The summed E-state index contributed by atoms with van der Waals surface area (Å²) in [5, 5.41) is 0.168. The molecule has 3 rings (SSSR count). The summed E-state index contributed by atoms with van der Waals surface area (Å²) >= 11 is 6.01. The van der Waals surface area contributed by atoms with Crippen LogP contribution in [-0.4, -0.2) is 32.4 Å². The zero-order chi connectivity index (χ0) is 16.4. The number of sulfonamides is 1. The quantitative estimate of drug-likeness (QED) is 0.849. The summed E-state index contributed by atoms with van der Waals surface area (Å²) in [5.41, 5.74) is 0.353. The lowest BCUT2D eigenvalue weighted by Crippen LogP contribution is -2.42. The highest BCUT2D eigenvalue weighted by molar-refractivity contribution is 7.89. The van der Waals surface area contributed by atoms with Crippen LogP contribution in [0.3, 0.4) is 0 Å². The second-order valence-electron chi connectivity index (χ2n) is 5.17. The molecular formula is C16H15ClFNO3S. The minimum absolute atomic E-state index is 0.0501. The van der Waals surface area contributed by atoms with E-state index in [4.69, 9.17) is 16.3 Å². The molecule has 0 saturated carbocycles. The van der Waals surface area contributed by atoms with Crippen molar-refractivity contribution in [1.29, 1.82) is 0 Å². The molecule has 122 valence electrons. The van der Waals surface area contributed by atoms with Crippen LogP contribution in [0.4, 0.5) is 4.39 Å². The molecule has 0 radical (unpaired) electrons. The van der Waals surface area contributed by atoms with Gasteiger partial charge in [-0.15, -0.1) is 0 Å². The fourth-order valence-corrected chi connectivity index (χ4v) is 4.48. The number of rotatable bonds is 3. The molecule has 1 saturated heterocycles. The van der Waals surface area contributed by atoms with Crippen molar-refractivity contribution in [1.82, 2.24) is 4.31 Å². The van der Waals surface area contributed by atoms with Crippen LogP contribution in [0.25, 0.3) is 0 Å². The zero-order valence-electron chi connectivity index (χ0n) is 12.2. The predicted octanol–water partition coefficient (Wildman–Crippen LogP) is 3.24. The molecule has 0 bridgehead atoms. The Morgan fingerprint density at radius 2 is 1.83 bits per heavy atom. The summed E-state index contributed by atoms with van der Waals surface area (Å²) in [5.74, 6) is -0.408. The van der Waals surface area contributed by atoms with Crippen molar-refractivity contribution in [3.63, 3.8) is 0 Å². The third kappa shape index (κ3) is 3.26. The van der Waals surface area contributed by atoms with Gasteiger partial charge < -0.3 is 4.74 Å². The van der Waals surface area contributed by atoms with Crippen molar-refractivity contribution >= 4 is 21.6 Å². The molecule has 0 amide bonds. The molecule has 2 aromatic carbocycles. The molecule has 1 aliphatic heterocycles. The topological polar surface area (TPSA) is 46.6 Å². The molecule has 0 spiro atoms. The Morgan fingerprint density at radius 3 is 2.57 bits per heavy atom. The van der Waals surface area contributed by atoms with E-state index in [9.17, 15) is 12.8 Å². The van der Waals surface area contributed by atoms with Crippen molar-refractivity contribution in [3.05, 3.63) is 64.9 Å². The highest BCUT2D eigenvalue weighted by atomic mass is 35.5. The monoisotopic (exact) mass is 355 g/mol. The van der Waals surface area contributed by atoms with Crippen molar-refractivity contribution < 1.29 is 17.5 Å². The molecule has 1 fully saturated rings. The second kappa shape index (κ2) is 6.57. The second-order valence-corrected chi connectivity index (χ2v) is 7.49. The molecule has 23 heavy (non-hydrogen) atoms. The van der Waals surface area contributed by atoms with E-state index in [0.29, 0.717) is 5.56 Å². The van der Waals surface area contributed by atoms with Gasteiger partial charge in [-0.1, -0.05) is 41.9 Å². The fraction of sp³-hybridized carbons (Fsp3) is 0.250. The average Bonchev–Trinajstić information content (AvgIpc) is 2.55. The normalized spacial score (nSPS) is 19.7. The van der Waals surface area contributed by atoms with Gasteiger partial charge in [0.15, 0.2) is 0 Å². The fourth-order valence-electron chi connectivity index (χ4n) is 2.56. The SMILES string of the molecule is O=S(=O)(c1ccccc1Cl)N1CCOC(c2ccccc2F)C1. The van der Waals surface area contributed by atoms with Crippen LogP contribution < -0.4 is 0 Å². The zero-order valence-corrected chi connectivity index (χ0v) is 13.7. The summed E-state index contributed by atoms with van der Waals surface area (Å²) in [6.07, 6.45) is -0.637. The minimum atomic E-state index is -3.75. The highest BCUT2D eigenvalue weighted by Gasteiger charge is 2.33. The predicted molar refractivity (Wildman–Crippen MR) is 85.3 cm³/mol. The molecule has 4 nitrogen and oxygen atoms in total. The van der Waals surface area contributed by atoms with Gasteiger partial charge in [0.25, 0.3) is 0 Å². The molecule has 0 aliphatic carbocycles. The molecule has 1 aliphatic rings. The Hall–Kier alpha value is -1.47. The third-order valence-electron chi connectivity index (χ3n) is 3.74. The van der Waals surface area contributed by atoms with Crippen molar-refractivity contribution in [2.45, 2.75) is 11.0 Å². The molecule has 2 aromatic rings. The molecule has 1 atom stereocenters. The Morgan fingerprint density at radius 1 is 1.13 bits per heavy atom. The Labute approximate surface area is 139 Å². The Balaban J connectivity index is 1.90. The maximum Gasteiger partial charge on any atom is 0.244 e. The molecule has 7 heteroatoms. The summed E-state index contributed by atoms with van der Waals surface area (Å²) in [6, 6.07) is 12.5. The smallest absolute Gasteiger partial charge is 0.244 e. The van der Waals surface area contributed by atoms with Crippen LogP contribution in [-0.2, 0) is 14.8 Å². The maximum absolute atomic E-state index is 13.9. The van der Waals surface area contributed by atoms with Crippen LogP contribution in [0, 0.1) is 5.82 Å². The van der Waals surface area contributed by atoms with Gasteiger partial charge in [0.05, 0.1) is 17.7 Å². The van der Waals surface area contributed by atoms with Gasteiger partial charge in [-0.05, 0) is 18.2 Å². The van der Waals surface area contributed by atoms with E-state index in [1.165, 1.54) is 22.5 Å². The van der Waals surface area contributed by atoms with Gasteiger partial charge >= 0.3 is 0 Å². The van der Waals surface area contributed by atoms with Crippen LogP contribution in [0.5, 0.6) is 0 Å².